The van der Waals surface area contributed by atoms with E-state index in [0.717, 1.165) is 0 Å². The van der Waals surface area contributed by atoms with Crippen molar-refractivity contribution >= 4 is 22.8 Å². The van der Waals surface area contributed by atoms with Crippen molar-refractivity contribution in [2.24, 2.45) is 0 Å². The molecule has 0 atom stereocenters. The number of Topliss-reactive ketones (excluding diaryl/α,β-unsaturated/α-hetero) is 1. The summed E-state index contributed by atoms with van der Waals surface area (Å²) in [6, 6.07) is 4.50. The van der Waals surface area contributed by atoms with Gasteiger partial charge in [0.2, 0.25) is 0 Å². The molecule has 1 aromatic carbocycles. The average Bonchev–Trinajstić information content (AvgIpc) is 2.55. The zero-order valence-electron chi connectivity index (χ0n) is 8.11. The van der Waals surface area contributed by atoms with Gasteiger partial charge in [0.25, 0.3) is 0 Å². The van der Waals surface area contributed by atoms with Crippen LogP contribution in [0, 0.1) is 0 Å². The van der Waals surface area contributed by atoms with Gasteiger partial charge in [-0.2, -0.15) is 0 Å². The Kier molecular flexibility index (Phi) is 2.32. The highest BCUT2D eigenvalue weighted by Crippen LogP contribution is 2.11. The maximum atomic E-state index is 11.4. The van der Waals surface area contributed by atoms with Gasteiger partial charge in [0.1, 0.15) is 6.42 Å². The number of carboxylic acids is 1. The predicted octanol–water partition coefficient (Wildman–Crippen LogP) is 0.514. The number of aliphatic carboxylic acids is 1. The van der Waals surface area contributed by atoms with Crippen LogP contribution in [0.15, 0.2) is 23.0 Å². The molecule has 2 rings (SSSR count). The Morgan fingerprint density at radius 3 is 2.56 bits per heavy atom. The maximum Gasteiger partial charge on any atom is 0.323 e. The third-order valence-electron chi connectivity index (χ3n) is 2.15. The summed E-state index contributed by atoms with van der Waals surface area (Å²) in [5, 5.41) is 8.48. The van der Waals surface area contributed by atoms with Crippen LogP contribution in [-0.2, 0) is 4.79 Å². The first kappa shape index (κ1) is 10.2. The Labute approximate surface area is 88.9 Å². The molecule has 0 saturated heterocycles. The molecule has 0 aliphatic carbocycles. The number of rotatable bonds is 3. The molecule has 2 aromatic rings. The van der Waals surface area contributed by atoms with E-state index in [4.69, 9.17) is 5.11 Å². The van der Waals surface area contributed by atoms with Crippen molar-refractivity contribution in [1.29, 1.82) is 0 Å². The molecule has 82 valence electrons. The fourth-order valence-corrected chi connectivity index (χ4v) is 1.45. The number of carboxylic acid groups (broad SMARTS) is 1. The lowest BCUT2D eigenvalue weighted by atomic mass is 10.1. The molecule has 1 aromatic heterocycles. The summed E-state index contributed by atoms with van der Waals surface area (Å²) in [5.74, 6) is -1.66. The third kappa shape index (κ3) is 1.85. The maximum absolute atomic E-state index is 11.4. The summed E-state index contributed by atoms with van der Waals surface area (Å²) in [4.78, 5) is 37.8. The van der Waals surface area contributed by atoms with Crippen LogP contribution in [0.3, 0.4) is 0 Å². The molecule has 6 heteroatoms. The van der Waals surface area contributed by atoms with Gasteiger partial charge in [0.15, 0.2) is 5.78 Å². The second-order valence-electron chi connectivity index (χ2n) is 3.33. The molecule has 1 heterocycles. The van der Waals surface area contributed by atoms with Crippen molar-refractivity contribution in [2.75, 3.05) is 0 Å². The van der Waals surface area contributed by atoms with E-state index in [-0.39, 0.29) is 11.3 Å². The van der Waals surface area contributed by atoms with E-state index in [2.05, 4.69) is 9.97 Å². The molecular weight excluding hydrogens is 212 g/mol. The van der Waals surface area contributed by atoms with Crippen LogP contribution in [0.5, 0.6) is 0 Å². The molecule has 0 aliphatic heterocycles. The molecule has 0 aliphatic rings. The van der Waals surface area contributed by atoms with E-state index in [1.54, 1.807) is 6.07 Å². The number of fused-ring (bicyclic) bond motifs is 1. The van der Waals surface area contributed by atoms with Crippen molar-refractivity contribution in [3.05, 3.63) is 34.2 Å². The minimum atomic E-state index is -1.17. The normalized spacial score (nSPS) is 10.5. The van der Waals surface area contributed by atoms with Crippen LogP contribution in [0.25, 0.3) is 11.0 Å². The first-order valence-electron chi connectivity index (χ1n) is 4.53. The molecule has 3 N–H and O–H groups in total. The number of H-pyrrole nitrogens is 2. The number of aromatic amines is 2. The number of benzene rings is 1. The van der Waals surface area contributed by atoms with E-state index in [1.807, 2.05) is 0 Å². The van der Waals surface area contributed by atoms with Crippen LogP contribution < -0.4 is 5.69 Å². The predicted molar refractivity (Wildman–Crippen MR) is 55.5 cm³/mol. The summed E-state index contributed by atoms with van der Waals surface area (Å²) in [7, 11) is 0. The molecule has 16 heavy (non-hydrogen) atoms. The summed E-state index contributed by atoms with van der Waals surface area (Å²) < 4.78 is 0. The van der Waals surface area contributed by atoms with E-state index in [0.29, 0.717) is 11.0 Å². The Bertz CT molecular complexity index is 623. The van der Waals surface area contributed by atoms with Gasteiger partial charge in [-0.3, -0.25) is 9.59 Å². The fourth-order valence-electron chi connectivity index (χ4n) is 1.45. The number of hydrogen-bond donors (Lipinski definition) is 3. The van der Waals surface area contributed by atoms with Gasteiger partial charge in [0.05, 0.1) is 11.0 Å². The molecule has 0 spiro atoms. The van der Waals surface area contributed by atoms with Gasteiger partial charge in [-0.1, -0.05) is 0 Å². The monoisotopic (exact) mass is 220 g/mol. The van der Waals surface area contributed by atoms with Crippen molar-refractivity contribution < 1.29 is 14.7 Å². The van der Waals surface area contributed by atoms with Crippen molar-refractivity contribution in [3.8, 4) is 0 Å². The Morgan fingerprint density at radius 2 is 1.88 bits per heavy atom. The standard InChI is InChI=1S/C10H8N2O4/c13-8(4-9(14)15)5-1-2-6-7(3-5)12-10(16)11-6/h1-3H,4H2,(H,14,15)(H2,11,12,16). The number of carbonyl (C=O) groups excluding carboxylic acids is 1. The van der Waals surface area contributed by atoms with E-state index < -0.39 is 18.2 Å². The highest BCUT2D eigenvalue weighted by molar-refractivity contribution is 6.06. The fraction of sp³-hybridized carbons (Fsp3) is 0.100. The highest BCUT2D eigenvalue weighted by Gasteiger charge is 2.11. The van der Waals surface area contributed by atoms with Crippen LogP contribution >= 0.6 is 0 Å². The summed E-state index contributed by atoms with van der Waals surface area (Å²) in [5.41, 5.74) is 0.973. The van der Waals surface area contributed by atoms with Crippen molar-refractivity contribution in [1.82, 2.24) is 9.97 Å². The van der Waals surface area contributed by atoms with Crippen LogP contribution in [0.4, 0.5) is 0 Å². The molecule has 0 amide bonds. The van der Waals surface area contributed by atoms with Gasteiger partial charge >= 0.3 is 11.7 Å². The number of nitrogens with one attached hydrogen (secondary N) is 2. The minimum absolute atomic E-state index is 0.269. The zero-order valence-corrected chi connectivity index (χ0v) is 8.11. The lowest BCUT2D eigenvalue weighted by Gasteiger charge is -1.97. The number of carbonyl (C=O) groups is 2. The van der Waals surface area contributed by atoms with Crippen molar-refractivity contribution in [3.63, 3.8) is 0 Å². The lowest BCUT2D eigenvalue weighted by molar-refractivity contribution is -0.135. The number of imidazole rings is 1. The number of ketones is 1. The van der Waals surface area contributed by atoms with Crippen LogP contribution in [-0.4, -0.2) is 26.8 Å². The molecule has 0 radical (unpaired) electrons. The smallest absolute Gasteiger partial charge is 0.323 e. The second-order valence-corrected chi connectivity index (χ2v) is 3.33. The Morgan fingerprint density at radius 1 is 1.19 bits per heavy atom. The summed E-state index contributed by atoms with van der Waals surface area (Å²) >= 11 is 0. The van der Waals surface area contributed by atoms with Gasteiger partial charge in [-0.15, -0.1) is 0 Å². The molecule has 0 unspecified atom stereocenters. The van der Waals surface area contributed by atoms with E-state index in [9.17, 15) is 14.4 Å². The van der Waals surface area contributed by atoms with E-state index in [1.165, 1.54) is 12.1 Å². The SMILES string of the molecule is O=C(O)CC(=O)c1ccc2[nH]c(=O)[nH]c2c1. The quantitative estimate of drug-likeness (QED) is 0.518. The van der Waals surface area contributed by atoms with Crippen molar-refractivity contribution in [2.45, 2.75) is 6.42 Å². The summed E-state index contributed by atoms with van der Waals surface area (Å²) in [6.07, 6.45) is -0.555. The number of hydrogen-bond acceptors (Lipinski definition) is 3. The average molecular weight is 220 g/mol. The van der Waals surface area contributed by atoms with Crippen LogP contribution in [0.1, 0.15) is 16.8 Å². The first-order chi connectivity index (χ1) is 7.56. The van der Waals surface area contributed by atoms with Gasteiger partial charge in [-0.05, 0) is 18.2 Å². The summed E-state index contributed by atoms with van der Waals surface area (Å²) in [6.45, 7) is 0. The molecule has 0 bridgehead atoms. The molecule has 6 nitrogen and oxygen atoms in total. The Balaban J connectivity index is 2.42. The number of aromatic nitrogens is 2. The van der Waals surface area contributed by atoms with Gasteiger partial charge in [0, 0.05) is 5.56 Å². The Hall–Kier alpha value is -2.37. The largest absolute Gasteiger partial charge is 0.481 e. The molecular formula is C10H8N2O4. The molecule has 0 fully saturated rings. The lowest BCUT2D eigenvalue weighted by Crippen LogP contribution is -2.06. The van der Waals surface area contributed by atoms with E-state index >= 15 is 0 Å². The van der Waals surface area contributed by atoms with Gasteiger partial charge in [-0.25, -0.2) is 4.79 Å². The van der Waals surface area contributed by atoms with Gasteiger partial charge < -0.3 is 15.1 Å². The topological polar surface area (TPSA) is 103 Å². The van der Waals surface area contributed by atoms with Crippen LogP contribution in [0.2, 0.25) is 0 Å². The minimum Gasteiger partial charge on any atom is -0.481 e. The highest BCUT2D eigenvalue weighted by atomic mass is 16.4. The molecule has 0 saturated carbocycles. The second kappa shape index (κ2) is 3.65. The zero-order chi connectivity index (χ0) is 11.7. The first-order valence-corrected chi connectivity index (χ1v) is 4.53. The third-order valence-corrected chi connectivity index (χ3v) is 2.15.